The summed E-state index contributed by atoms with van der Waals surface area (Å²) < 4.78 is 2.22. The first-order valence-corrected chi connectivity index (χ1v) is 8.78. The van der Waals surface area contributed by atoms with E-state index < -0.39 is 0 Å². The van der Waals surface area contributed by atoms with E-state index in [1.54, 1.807) is 0 Å². The molecule has 3 rings (SSSR count). The number of rotatable bonds is 3. The van der Waals surface area contributed by atoms with Crippen molar-refractivity contribution in [3.8, 4) is 0 Å². The van der Waals surface area contributed by atoms with E-state index >= 15 is 0 Å². The summed E-state index contributed by atoms with van der Waals surface area (Å²) in [7, 11) is 4.31. The zero-order chi connectivity index (χ0) is 17.5. The molecule has 2 heterocycles. The Kier molecular flexibility index (Phi) is 7.10. The fourth-order valence-corrected chi connectivity index (χ4v) is 2.95. The molecule has 0 bridgehead atoms. The van der Waals surface area contributed by atoms with Gasteiger partial charge in [0.25, 0.3) is 0 Å². The summed E-state index contributed by atoms with van der Waals surface area (Å²) in [5.74, 6) is 0. The van der Waals surface area contributed by atoms with Gasteiger partial charge in [0.15, 0.2) is 0 Å². The van der Waals surface area contributed by atoms with Crippen LogP contribution in [0.2, 0.25) is 5.02 Å². The Morgan fingerprint density at radius 2 is 1.71 bits per heavy atom. The second-order valence-electron chi connectivity index (χ2n) is 6.32. The molecule has 130 valence electrons. The zero-order valence-electron chi connectivity index (χ0n) is 15.0. The minimum atomic E-state index is 0.794. The summed E-state index contributed by atoms with van der Waals surface area (Å²) in [6.45, 7) is 11.8. The Hall–Kier alpha value is -1.55. The highest BCUT2D eigenvalue weighted by molar-refractivity contribution is 6.30. The Morgan fingerprint density at radius 1 is 1.08 bits per heavy atom. The minimum Gasteiger partial charge on any atom is -0.348 e. The van der Waals surface area contributed by atoms with E-state index in [0.717, 1.165) is 11.6 Å². The van der Waals surface area contributed by atoms with Gasteiger partial charge in [-0.2, -0.15) is 0 Å². The Bertz CT molecular complexity index is 640. The lowest BCUT2D eigenvalue weighted by Crippen LogP contribution is -2.43. The molecule has 1 aromatic carbocycles. The Labute approximate surface area is 151 Å². The highest BCUT2D eigenvalue weighted by Crippen LogP contribution is 2.17. The fourth-order valence-electron chi connectivity index (χ4n) is 2.81. The first kappa shape index (κ1) is 18.8. The van der Waals surface area contributed by atoms with Gasteiger partial charge in [-0.1, -0.05) is 36.4 Å². The quantitative estimate of drug-likeness (QED) is 0.831. The van der Waals surface area contributed by atoms with Gasteiger partial charge in [-0.05, 0) is 43.8 Å². The first-order valence-electron chi connectivity index (χ1n) is 8.40. The van der Waals surface area contributed by atoms with E-state index in [1.165, 1.54) is 43.1 Å². The van der Waals surface area contributed by atoms with Gasteiger partial charge >= 0.3 is 0 Å². The van der Waals surface area contributed by atoms with Crippen molar-refractivity contribution in [2.45, 2.75) is 13.5 Å². The molecule has 0 radical (unpaired) electrons. The molecule has 24 heavy (non-hydrogen) atoms. The Morgan fingerprint density at radius 3 is 2.17 bits per heavy atom. The number of halogens is 1. The molecule has 1 saturated heterocycles. The van der Waals surface area contributed by atoms with Crippen molar-refractivity contribution in [3.05, 3.63) is 65.0 Å². The maximum absolute atomic E-state index is 5.54. The molecule has 2 aromatic rings. The van der Waals surface area contributed by atoms with Crippen LogP contribution in [0.5, 0.6) is 0 Å². The molecular weight excluding hydrogens is 318 g/mol. The highest BCUT2D eigenvalue weighted by Gasteiger charge is 2.16. The molecule has 0 spiro atoms. The summed E-state index contributed by atoms with van der Waals surface area (Å²) in [5.41, 5.74) is 4.01. The summed E-state index contributed by atoms with van der Waals surface area (Å²) in [6.07, 6.45) is 1.93. The van der Waals surface area contributed by atoms with Crippen molar-refractivity contribution in [1.82, 2.24) is 14.4 Å². The number of aromatic nitrogens is 1. The lowest BCUT2D eigenvalue weighted by atomic mass is 10.2. The third kappa shape index (κ3) is 5.23. The molecule has 1 aliphatic rings. The lowest BCUT2D eigenvalue weighted by molar-refractivity contribution is 0.148. The molecule has 1 aliphatic heterocycles. The van der Waals surface area contributed by atoms with Crippen LogP contribution >= 0.6 is 11.6 Å². The smallest absolute Gasteiger partial charge is 0.0405 e. The zero-order valence-corrected chi connectivity index (χ0v) is 15.8. The van der Waals surface area contributed by atoms with Gasteiger partial charge in [0.2, 0.25) is 0 Å². The average Bonchev–Trinajstić information content (AvgIpc) is 2.86. The van der Waals surface area contributed by atoms with Crippen LogP contribution in [-0.4, -0.2) is 47.6 Å². The number of hydrogen-bond acceptors (Lipinski definition) is 2. The maximum atomic E-state index is 5.54. The van der Waals surface area contributed by atoms with E-state index in [9.17, 15) is 0 Å². The standard InChI is InChI=1S/C14H23N3.C6H5Cl/c1-5-14-10-13(12(2)16(14)4)11-17-8-6-15(3)7-9-17;7-6-4-2-1-3-5-6/h5,10H,1,6-9,11H2,2-4H3;1-5H. The normalized spacial score (nSPS) is 15.7. The van der Waals surface area contributed by atoms with Crippen LogP contribution in [0.3, 0.4) is 0 Å². The van der Waals surface area contributed by atoms with Crippen molar-refractivity contribution in [3.63, 3.8) is 0 Å². The fraction of sp³-hybridized carbons (Fsp3) is 0.400. The third-order valence-electron chi connectivity index (χ3n) is 4.61. The molecule has 0 saturated carbocycles. The van der Waals surface area contributed by atoms with Gasteiger partial charge in [-0.25, -0.2) is 0 Å². The molecule has 0 unspecified atom stereocenters. The number of benzene rings is 1. The summed E-state index contributed by atoms with van der Waals surface area (Å²) in [4.78, 5) is 4.93. The van der Waals surface area contributed by atoms with Crippen LogP contribution in [0.4, 0.5) is 0 Å². The predicted molar refractivity (Wildman–Crippen MR) is 104 cm³/mol. The predicted octanol–water partition coefficient (Wildman–Crippen LogP) is 4.06. The van der Waals surface area contributed by atoms with Crippen LogP contribution in [0.15, 0.2) is 43.0 Å². The monoisotopic (exact) mass is 345 g/mol. The lowest BCUT2D eigenvalue weighted by Gasteiger charge is -2.32. The highest BCUT2D eigenvalue weighted by atomic mass is 35.5. The number of likely N-dealkylation sites (N-methyl/N-ethyl adjacent to an activating group) is 1. The van der Waals surface area contributed by atoms with Crippen LogP contribution in [0, 0.1) is 6.92 Å². The largest absolute Gasteiger partial charge is 0.348 e. The van der Waals surface area contributed by atoms with Gasteiger partial charge in [-0.15, -0.1) is 0 Å². The van der Waals surface area contributed by atoms with Gasteiger partial charge < -0.3 is 9.47 Å². The molecule has 3 nitrogen and oxygen atoms in total. The van der Waals surface area contributed by atoms with Crippen molar-refractivity contribution < 1.29 is 0 Å². The first-order chi connectivity index (χ1) is 11.5. The minimum absolute atomic E-state index is 0.794. The number of nitrogens with zero attached hydrogens (tertiary/aromatic N) is 3. The van der Waals surface area contributed by atoms with E-state index in [2.05, 4.69) is 48.0 Å². The van der Waals surface area contributed by atoms with Crippen molar-refractivity contribution in [2.75, 3.05) is 33.2 Å². The van der Waals surface area contributed by atoms with Crippen molar-refractivity contribution in [2.24, 2.45) is 7.05 Å². The number of piperazine rings is 1. The molecule has 0 N–H and O–H groups in total. The second kappa shape index (κ2) is 9.07. The molecule has 4 heteroatoms. The van der Waals surface area contributed by atoms with Gasteiger partial charge in [-0.3, -0.25) is 4.90 Å². The van der Waals surface area contributed by atoms with Gasteiger partial charge in [0.1, 0.15) is 0 Å². The number of hydrogen-bond donors (Lipinski definition) is 0. The summed E-state index contributed by atoms with van der Waals surface area (Å²) >= 11 is 5.54. The van der Waals surface area contributed by atoms with Crippen molar-refractivity contribution in [1.29, 1.82) is 0 Å². The molecule has 1 aromatic heterocycles. The van der Waals surface area contributed by atoms with Crippen molar-refractivity contribution >= 4 is 17.7 Å². The van der Waals surface area contributed by atoms with Gasteiger partial charge in [0, 0.05) is 56.2 Å². The average molecular weight is 346 g/mol. The van der Waals surface area contributed by atoms with E-state index in [0.29, 0.717) is 0 Å². The van der Waals surface area contributed by atoms with E-state index in [1.807, 2.05) is 36.4 Å². The molecule has 0 aliphatic carbocycles. The van der Waals surface area contributed by atoms with Crippen LogP contribution < -0.4 is 0 Å². The molecule has 0 amide bonds. The molecule has 1 fully saturated rings. The molecule has 0 atom stereocenters. The second-order valence-corrected chi connectivity index (χ2v) is 6.75. The third-order valence-corrected chi connectivity index (χ3v) is 4.86. The SMILES string of the molecule is C=Cc1cc(CN2CCN(C)CC2)c(C)n1C.Clc1ccccc1. The van der Waals surface area contributed by atoms with E-state index in [-0.39, 0.29) is 0 Å². The topological polar surface area (TPSA) is 11.4 Å². The van der Waals surface area contributed by atoms with E-state index in [4.69, 9.17) is 11.6 Å². The van der Waals surface area contributed by atoms with Crippen LogP contribution in [0.25, 0.3) is 6.08 Å². The Balaban J connectivity index is 0.000000249. The summed E-state index contributed by atoms with van der Waals surface area (Å²) in [5, 5.41) is 0.794. The summed E-state index contributed by atoms with van der Waals surface area (Å²) in [6, 6.07) is 11.7. The van der Waals surface area contributed by atoms with Gasteiger partial charge in [0.05, 0.1) is 0 Å². The molecular formula is C20H28ClN3. The maximum Gasteiger partial charge on any atom is 0.0405 e. The van der Waals surface area contributed by atoms with Crippen LogP contribution in [-0.2, 0) is 13.6 Å². The van der Waals surface area contributed by atoms with Crippen LogP contribution in [0.1, 0.15) is 17.0 Å².